The second-order valence-electron chi connectivity index (χ2n) is 3.83. The molecule has 2 nitrogen and oxygen atoms in total. The van der Waals surface area contributed by atoms with Crippen molar-refractivity contribution in [1.82, 2.24) is 0 Å². The van der Waals surface area contributed by atoms with Crippen molar-refractivity contribution >= 4 is 11.6 Å². The number of aliphatic hydroxyl groups is 1. The fraction of sp³-hybridized carbons (Fsp3) is 0.538. The SMILES string of the molecule is COc1cccc([C@H](O)CCCCCCl)c1. The summed E-state index contributed by atoms with van der Waals surface area (Å²) in [6.07, 6.45) is 3.48. The second kappa shape index (κ2) is 7.53. The summed E-state index contributed by atoms with van der Waals surface area (Å²) < 4.78 is 5.12. The quantitative estimate of drug-likeness (QED) is 0.586. The zero-order chi connectivity index (χ0) is 11.8. The van der Waals surface area contributed by atoms with Gasteiger partial charge in [-0.15, -0.1) is 11.6 Å². The van der Waals surface area contributed by atoms with Crippen LogP contribution < -0.4 is 4.74 Å². The summed E-state index contributed by atoms with van der Waals surface area (Å²) >= 11 is 5.59. The summed E-state index contributed by atoms with van der Waals surface area (Å²) in [4.78, 5) is 0. The molecule has 90 valence electrons. The molecule has 0 aromatic heterocycles. The van der Waals surface area contributed by atoms with Gasteiger partial charge in [0.15, 0.2) is 0 Å². The highest BCUT2D eigenvalue weighted by molar-refractivity contribution is 6.17. The number of unbranched alkanes of at least 4 members (excludes halogenated alkanes) is 2. The monoisotopic (exact) mass is 242 g/mol. The number of hydrogen-bond acceptors (Lipinski definition) is 2. The van der Waals surface area contributed by atoms with E-state index in [4.69, 9.17) is 16.3 Å². The minimum absolute atomic E-state index is 0.398. The van der Waals surface area contributed by atoms with Crippen molar-refractivity contribution in [2.75, 3.05) is 13.0 Å². The molecule has 0 saturated heterocycles. The summed E-state index contributed by atoms with van der Waals surface area (Å²) in [5.41, 5.74) is 0.922. The number of hydrogen-bond donors (Lipinski definition) is 1. The van der Waals surface area contributed by atoms with Crippen LogP contribution in [0.4, 0.5) is 0 Å². The Morgan fingerprint density at radius 1 is 1.31 bits per heavy atom. The lowest BCUT2D eigenvalue weighted by atomic mass is 10.0. The first-order chi connectivity index (χ1) is 7.77. The molecular weight excluding hydrogens is 224 g/mol. The zero-order valence-electron chi connectivity index (χ0n) is 9.66. The Labute approximate surface area is 102 Å². The maximum Gasteiger partial charge on any atom is 0.119 e. The van der Waals surface area contributed by atoms with Crippen molar-refractivity contribution in [3.05, 3.63) is 29.8 Å². The fourth-order valence-electron chi connectivity index (χ4n) is 1.62. The predicted molar refractivity (Wildman–Crippen MR) is 67.1 cm³/mol. The van der Waals surface area contributed by atoms with Crippen molar-refractivity contribution in [3.8, 4) is 5.75 Å². The summed E-state index contributed by atoms with van der Waals surface area (Å²) in [5, 5.41) is 9.95. The average molecular weight is 243 g/mol. The fourth-order valence-corrected chi connectivity index (χ4v) is 1.81. The van der Waals surface area contributed by atoms with Gasteiger partial charge < -0.3 is 9.84 Å². The van der Waals surface area contributed by atoms with Crippen LogP contribution in [0.1, 0.15) is 37.4 Å². The third-order valence-corrected chi connectivity index (χ3v) is 2.86. The van der Waals surface area contributed by atoms with Crippen molar-refractivity contribution in [3.63, 3.8) is 0 Å². The number of ether oxygens (including phenoxy) is 1. The molecule has 0 fully saturated rings. The van der Waals surface area contributed by atoms with E-state index in [9.17, 15) is 5.11 Å². The van der Waals surface area contributed by atoms with Crippen LogP contribution in [0, 0.1) is 0 Å². The maximum absolute atomic E-state index is 9.95. The van der Waals surface area contributed by atoms with Crippen LogP contribution in [0.2, 0.25) is 0 Å². The van der Waals surface area contributed by atoms with Crippen molar-refractivity contribution in [2.24, 2.45) is 0 Å². The number of aliphatic hydroxyl groups excluding tert-OH is 1. The largest absolute Gasteiger partial charge is 0.497 e. The zero-order valence-corrected chi connectivity index (χ0v) is 10.4. The molecule has 0 spiro atoms. The molecule has 1 atom stereocenters. The van der Waals surface area contributed by atoms with Gasteiger partial charge in [0.25, 0.3) is 0 Å². The predicted octanol–water partition coefficient (Wildman–Crippen LogP) is 3.53. The van der Waals surface area contributed by atoms with Gasteiger partial charge in [0.2, 0.25) is 0 Å². The molecule has 0 aliphatic rings. The van der Waals surface area contributed by atoms with E-state index in [0.717, 1.165) is 37.0 Å². The van der Waals surface area contributed by atoms with Gasteiger partial charge >= 0.3 is 0 Å². The first kappa shape index (κ1) is 13.3. The molecule has 1 rings (SSSR count). The van der Waals surface area contributed by atoms with E-state index in [1.54, 1.807) is 7.11 Å². The van der Waals surface area contributed by atoms with Gasteiger partial charge in [-0.3, -0.25) is 0 Å². The first-order valence-electron chi connectivity index (χ1n) is 5.66. The van der Waals surface area contributed by atoms with Crippen LogP contribution in [0.15, 0.2) is 24.3 Å². The third-order valence-electron chi connectivity index (χ3n) is 2.59. The maximum atomic E-state index is 9.95. The van der Waals surface area contributed by atoms with Crippen LogP contribution in [0.25, 0.3) is 0 Å². The van der Waals surface area contributed by atoms with Crippen LogP contribution in [-0.2, 0) is 0 Å². The van der Waals surface area contributed by atoms with E-state index in [1.807, 2.05) is 24.3 Å². The molecule has 0 bridgehead atoms. The Kier molecular flexibility index (Phi) is 6.27. The Hall–Kier alpha value is -0.730. The molecule has 0 amide bonds. The number of benzene rings is 1. The van der Waals surface area contributed by atoms with Crippen LogP contribution >= 0.6 is 11.6 Å². The van der Waals surface area contributed by atoms with Gasteiger partial charge in [-0.05, 0) is 30.5 Å². The summed E-state index contributed by atoms with van der Waals surface area (Å²) in [6.45, 7) is 0. The highest BCUT2D eigenvalue weighted by Gasteiger charge is 2.07. The van der Waals surface area contributed by atoms with Crippen molar-refractivity contribution < 1.29 is 9.84 Å². The number of halogens is 1. The van der Waals surface area contributed by atoms with Crippen molar-refractivity contribution in [2.45, 2.75) is 31.8 Å². The number of alkyl halides is 1. The summed E-state index contributed by atoms with van der Waals surface area (Å²) in [7, 11) is 1.63. The lowest BCUT2D eigenvalue weighted by molar-refractivity contribution is 0.163. The molecule has 16 heavy (non-hydrogen) atoms. The third kappa shape index (κ3) is 4.42. The van der Waals surface area contributed by atoms with Crippen LogP contribution in [-0.4, -0.2) is 18.1 Å². The Morgan fingerprint density at radius 3 is 2.81 bits per heavy atom. The lowest BCUT2D eigenvalue weighted by Crippen LogP contribution is -1.98. The number of rotatable bonds is 7. The first-order valence-corrected chi connectivity index (χ1v) is 6.19. The Balaban J connectivity index is 2.42. The molecule has 1 aromatic carbocycles. The highest BCUT2D eigenvalue weighted by Crippen LogP contribution is 2.23. The van der Waals surface area contributed by atoms with E-state index in [2.05, 4.69) is 0 Å². The van der Waals surface area contributed by atoms with Crippen molar-refractivity contribution in [1.29, 1.82) is 0 Å². The Bertz CT molecular complexity index is 302. The minimum Gasteiger partial charge on any atom is -0.497 e. The highest BCUT2D eigenvalue weighted by atomic mass is 35.5. The summed E-state index contributed by atoms with van der Waals surface area (Å²) in [6, 6.07) is 7.58. The van der Waals surface area contributed by atoms with E-state index in [1.165, 1.54) is 0 Å². The van der Waals surface area contributed by atoms with Gasteiger partial charge in [0.1, 0.15) is 5.75 Å². The molecule has 1 N–H and O–H groups in total. The molecule has 0 radical (unpaired) electrons. The van der Waals surface area contributed by atoms with Crippen LogP contribution in [0.3, 0.4) is 0 Å². The van der Waals surface area contributed by atoms with Gasteiger partial charge in [0, 0.05) is 5.88 Å². The normalized spacial score (nSPS) is 12.4. The summed E-state index contributed by atoms with van der Waals surface area (Å²) in [5.74, 6) is 1.49. The van der Waals surface area contributed by atoms with E-state index in [-0.39, 0.29) is 0 Å². The molecule has 0 unspecified atom stereocenters. The molecule has 0 aliphatic carbocycles. The van der Waals surface area contributed by atoms with Gasteiger partial charge in [-0.1, -0.05) is 25.0 Å². The standard InChI is InChI=1S/C13H19ClO2/c1-16-12-7-5-6-11(10-12)13(15)8-3-2-4-9-14/h5-7,10,13,15H,2-4,8-9H2,1H3/t13-/m1/s1. The van der Waals surface area contributed by atoms with E-state index < -0.39 is 6.10 Å². The molecule has 1 aromatic rings. The molecule has 0 saturated carbocycles. The van der Waals surface area contributed by atoms with Crippen LogP contribution in [0.5, 0.6) is 5.75 Å². The molecule has 0 aliphatic heterocycles. The Morgan fingerprint density at radius 2 is 2.12 bits per heavy atom. The topological polar surface area (TPSA) is 29.5 Å². The molecule has 3 heteroatoms. The van der Waals surface area contributed by atoms with E-state index >= 15 is 0 Å². The number of methoxy groups -OCH3 is 1. The lowest BCUT2D eigenvalue weighted by Gasteiger charge is -2.11. The molecular formula is C13H19ClO2. The smallest absolute Gasteiger partial charge is 0.119 e. The van der Waals surface area contributed by atoms with Gasteiger partial charge in [-0.25, -0.2) is 0 Å². The minimum atomic E-state index is -0.398. The van der Waals surface area contributed by atoms with Gasteiger partial charge in [-0.2, -0.15) is 0 Å². The second-order valence-corrected chi connectivity index (χ2v) is 4.21. The molecule has 0 heterocycles. The van der Waals surface area contributed by atoms with Gasteiger partial charge in [0.05, 0.1) is 13.2 Å². The van der Waals surface area contributed by atoms with E-state index in [0.29, 0.717) is 5.88 Å². The average Bonchev–Trinajstić information content (AvgIpc) is 2.34.